The molecule has 0 bridgehead atoms. The first-order valence-corrected chi connectivity index (χ1v) is 3.89. The standard InChI is InChI=1S/C8H15NO/c9-6-5-7-3-1-2-4-8(7)10/h1,3,7-8,10H,2,4-6,9H2. The predicted molar refractivity (Wildman–Crippen MR) is 41.5 cm³/mol. The van der Waals surface area contributed by atoms with E-state index >= 15 is 0 Å². The van der Waals surface area contributed by atoms with Gasteiger partial charge in [-0.05, 0) is 25.8 Å². The molecular weight excluding hydrogens is 126 g/mol. The zero-order valence-corrected chi connectivity index (χ0v) is 6.16. The first-order valence-electron chi connectivity index (χ1n) is 3.89. The molecule has 2 unspecified atom stereocenters. The molecule has 0 saturated heterocycles. The van der Waals surface area contributed by atoms with Gasteiger partial charge in [0, 0.05) is 5.92 Å². The Morgan fingerprint density at radius 2 is 2.40 bits per heavy atom. The highest BCUT2D eigenvalue weighted by molar-refractivity contribution is 4.97. The van der Waals surface area contributed by atoms with E-state index in [2.05, 4.69) is 12.2 Å². The summed E-state index contributed by atoms with van der Waals surface area (Å²) >= 11 is 0. The molecule has 0 aromatic carbocycles. The van der Waals surface area contributed by atoms with Crippen LogP contribution >= 0.6 is 0 Å². The lowest BCUT2D eigenvalue weighted by molar-refractivity contribution is 0.113. The summed E-state index contributed by atoms with van der Waals surface area (Å²) < 4.78 is 0. The van der Waals surface area contributed by atoms with Gasteiger partial charge in [0.2, 0.25) is 0 Å². The van der Waals surface area contributed by atoms with Gasteiger partial charge in [0.1, 0.15) is 0 Å². The van der Waals surface area contributed by atoms with E-state index in [9.17, 15) is 5.11 Å². The van der Waals surface area contributed by atoms with Gasteiger partial charge in [-0.1, -0.05) is 12.2 Å². The number of aliphatic hydroxyl groups is 1. The monoisotopic (exact) mass is 141 g/mol. The minimum Gasteiger partial charge on any atom is -0.393 e. The van der Waals surface area contributed by atoms with Crippen LogP contribution in [0.25, 0.3) is 0 Å². The van der Waals surface area contributed by atoms with E-state index in [0.717, 1.165) is 19.3 Å². The lowest BCUT2D eigenvalue weighted by Gasteiger charge is -2.21. The maximum absolute atomic E-state index is 9.39. The van der Waals surface area contributed by atoms with Gasteiger partial charge in [-0.3, -0.25) is 0 Å². The molecular formula is C8H15NO. The summed E-state index contributed by atoms with van der Waals surface area (Å²) in [7, 11) is 0. The van der Waals surface area contributed by atoms with Crippen molar-refractivity contribution >= 4 is 0 Å². The number of hydrogen-bond acceptors (Lipinski definition) is 2. The molecule has 10 heavy (non-hydrogen) atoms. The Morgan fingerprint density at radius 1 is 1.60 bits per heavy atom. The average molecular weight is 141 g/mol. The molecule has 1 aliphatic carbocycles. The molecule has 2 heteroatoms. The summed E-state index contributed by atoms with van der Waals surface area (Å²) in [4.78, 5) is 0. The van der Waals surface area contributed by atoms with Crippen LogP contribution < -0.4 is 5.73 Å². The van der Waals surface area contributed by atoms with Crippen molar-refractivity contribution in [2.75, 3.05) is 6.54 Å². The maximum Gasteiger partial charge on any atom is 0.0606 e. The number of nitrogens with two attached hydrogens (primary N) is 1. The number of rotatable bonds is 2. The van der Waals surface area contributed by atoms with Gasteiger partial charge in [-0.25, -0.2) is 0 Å². The second-order valence-corrected chi connectivity index (χ2v) is 2.81. The molecule has 3 N–H and O–H groups in total. The van der Waals surface area contributed by atoms with Crippen LogP contribution in [0.3, 0.4) is 0 Å². The second-order valence-electron chi connectivity index (χ2n) is 2.81. The van der Waals surface area contributed by atoms with E-state index in [1.165, 1.54) is 0 Å². The average Bonchev–Trinajstić information content (AvgIpc) is 1.94. The minimum absolute atomic E-state index is 0.145. The van der Waals surface area contributed by atoms with E-state index in [-0.39, 0.29) is 6.10 Å². The third-order valence-electron chi connectivity index (χ3n) is 2.01. The Labute approximate surface area is 61.7 Å². The van der Waals surface area contributed by atoms with Crippen molar-refractivity contribution in [1.29, 1.82) is 0 Å². The largest absolute Gasteiger partial charge is 0.393 e. The minimum atomic E-state index is -0.145. The van der Waals surface area contributed by atoms with Crippen molar-refractivity contribution in [2.45, 2.75) is 25.4 Å². The molecule has 0 spiro atoms. The lowest BCUT2D eigenvalue weighted by atomic mass is 9.90. The number of allylic oxidation sites excluding steroid dienone is 1. The fraction of sp³-hybridized carbons (Fsp3) is 0.750. The molecule has 0 heterocycles. The zero-order valence-electron chi connectivity index (χ0n) is 6.16. The van der Waals surface area contributed by atoms with E-state index in [0.29, 0.717) is 12.5 Å². The molecule has 1 rings (SSSR count). The Kier molecular flexibility index (Phi) is 2.90. The first kappa shape index (κ1) is 7.76. The molecule has 0 saturated carbocycles. The van der Waals surface area contributed by atoms with Gasteiger partial charge in [0.05, 0.1) is 6.10 Å². The first-order chi connectivity index (χ1) is 4.84. The van der Waals surface area contributed by atoms with Crippen LogP contribution in [0.5, 0.6) is 0 Å². The van der Waals surface area contributed by atoms with Crippen LogP contribution in [-0.2, 0) is 0 Å². The third kappa shape index (κ3) is 1.82. The van der Waals surface area contributed by atoms with Crippen LogP contribution in [-0.4, -0.2) is 17.8 Å². The quantitative estimate of drug-likeness (QED) is 0.555. The summed E-state index contributed by atoms with van der Waals surface area (Å²) in [5, 5.41) is 9.39. The molecule has 0 aromatic heterocycles. The van der Waals surface area contributed by atoms with Crippen LogP contribution in [0.2, 0.25) is 0 Å². The maximum atomic E-state index is 9.39. The van der Waals surface area contributed by atoms with Crippen LogP contribution in [0.4, 0.5) is 0 Å². The summed E-state index contributed by atoms with van der Waals surface area (Å²) in [6, 6.07) is 0. The van der Waals surface area contributed by atoms with Gasteiger partial charge in [-0.15, -0.1) is 0 Å². The Balaban J connectivity index is 2.39. The molecule has 2 atom stereocenters. The summed E-state index contributed by atoms with van der Waals surface area (Å²) in [6.07, 6.45) is 6.91. The van der Waals surface area contributed by atoms with E-state index < -0.39 is 0 Å². The van der Waals surface area contributed by atoms with Gasteiger partial charge in [0.15, 0.2) is 0 Å². The van der Waals surface area contributed by atoms with Crippen molar-refractivity contribution < 1.29 is 5.11 Å². The van der Waals surface area contributed by atoms with E-state index in [4.69, 9.17) is 5.73 Å². The summed E-state index contributed by atoms with van der Waals surface area (Å²) in [5.41, 5.74) is 5.38. The van der Waals surface area contributed by atoms with E-state index in [1.807, 2.05) is 0 Å². The van der Waals surface area contributed by atoms with Gasteiger partial charge >= 0.3 is 0 Å². The van der Waals surface area contributed by atoms with Crippen LogP contribution in [0.1, 0.15) is 19.3 Å². The van der Waals surface area contributed by atoms with Crippen LogP contribution in [0, 0.1) is 5.92 Å². The molecule has 0 aliphatic heterocycles. The highest BCUT2D eigenvalue weighted by Gasteiger charge is 2.17. The van der Waals surface area contributed by atoms with Gasteiger partial charge in [0.25, 0.3) is 0 Å². The third-order valence-corrected chi connectivity index (χ3v) is 2.01. The Hall–Kier alpha value is -0.340. The van der Waals surface area contributed by atoms with Crippen molar-refractivity contribution in [1.82, 2.24) is 0 Å². The Morgan fingerprint density at radius 3 is 3.00 bits per heavy atom. The van der Waals surface area contributed by atoms with Crippen molar-refractivity contribution in [3.8, 4) is 0 Å². The summed E-state index contributed by atoms with van der Waals surface area (Å²) in [6.45, 7) is 0.673. The molecule has 0 fully saturated rings. The van der Waals surface area contributed by atoms with Crippen molar-refractivity contribution in [2.24, 2.45) is 11.7 Å². The second kappa shape index (κ2) is 3.74. The molecule has 58 valence electrons. The molecule has 0 radical (unpaired) electrons. The lowest BCUT2D eigenvalue weighted by Crippen LogP contribution is -2.23. The number of hydrogen-bond donors (Lipinski definition) is 2. The molecule has 1 aliphatic rings. The fourth-order valence-electron chi connectivity index (χ4n) is 1.36. The topological polar surface area (TPSA) is 46.2 Å². The van der Waals surface area contributed by atoms with Crippen LogP contribution in [0.15, 0.2) is 12.2 Å². The van der Waals surface area contributed by atoms with Gasteiger partial charge < -0.3 is 10.8 Å². The van der Waals surface area contributed by atoms with Crippen molar-refractivity contribution in [3.05, 3.63) is 12.2 Å². The normalized spacial score (nSPS) is 32.6. The molecule has 2 nitrogen and oxygen atoms in total. The number of aliphatic hydroxyl groups excluding tert-OH is 1. The predicted octanol–water partition coefficient (Wildman–Crippen LogP) is 0.662. The highest BCUT2D eigenvalue weighted by atomic mass is 16.3. The molecule has 0 aromatic rings. The van der Waals surface area contributed by atoms with E-state index in [1.54, 1.807) is 0 Å². The Bertz CT molecular complexity index is 122. The smallest absolute Gasteiger partial charge is 0.0606 e. The van der Waals surface area contributed by atoms with Gasteiger partial charge in [-0.2, -0.15) is 0 Å². The highest BCUT2D eigenvalue weighted by Crippen LogP contribution is 2.19. The fourth-order valence-corrected chi connectivity index (χ4v) is 1.36. The van der Waals surface area contributed by atoms with Crippen molar-refractivity contribution in [3.63, 3.8) is 0 Å². The summed E-state index contributed by atoms with van der Waals surface area (Å²) in [5.74, 6) is 0.318. The SMILES string of the molecule is NCCC1C=CCCC1O. The zero-order chi connectivity index (χ0) is 7.40. The molecule has 0 amide bonds.